The van der Waals surface area contributed by atoms with Crippen molar-refractivity contribution >= 4 is 23.6 Å². The zero-order valence-electron chi connectivity index (χ0n) is 17.3. The number of carboxylic acids is 1. The van der Waals surface area contributed by atoms with E-state index in [1.807, 2.05) is 13.0 Å². The molecule has 0 bridgehead atoms. The van der Waals surface area contributed by atoms with E-state index in [0.717, 1.165) is 29.7 Å². The van der Waals surface area contributed by atoms with Gasteiger partial charge in [-0.2, -0.15) is 0 Å². The van der Waals surface area contributed by atoms with E-state index in [1.165, 1.54) is 5.57 Å². The predicted molar refractivity (Wildman–Crippen MR) is 122 cm³/mol. The van der Waals surface area contributed by atoms with Crippen LogP contribution in [0.3, 0.4) is 0 Å². The normalized spacial score (nSPS) is 16.5. The molecule has 1 unspecified atom stereocenters. The molecular weight excluding hydrogens is 398 g/mol. The van der Waals surface area contributed by atoms with Crippen LogP contribution in [0.2, 0.25) is 5.02 Å². The lowest BCUT2D eigenvalue weighted by molar-refractivity contribution is 0.0697. The Hall–Kier alpha value is -2.85. The minimum Gasteiger partial charge on any atom is -0.478 e. The fourth-order valence-electron chi connectivity index (χ4n) is 3.54. The maximum Gasteiger partial charge on any atom is 0.335 e. The first kappa shape index (κ1) is 21.8. The lowest BCUT2D eigenvalue weighted by atomic mass is 10.0. The Morgan fingerprint density at radius 2 is 2.00 bits per heavy atom. The Kier molecular flexibility index (Phi) is 7.11. The van der Waals surface area contributed by atoms with Crippen LogP contribution in [0.4, 0.5) is 0 Å². The summed E-state index contributed by atoms with van der Waals surface area (Å²) in [6.45, 7) is 4.62. The first-order valence-electron chi connectivity index (χ1n) is 10.1. The summed E-state index contributed by atoms with van der Waals surface area (Å²) >= 11 is 6.17. The highest BCUT2D eigenvalue weighted by Crippen LogP contribution is 2.21. The number of hydrogen-bond acceptors (Lipinski definition) is 2. The maximum absolute atomic E-state index is 12.7. The first-order chi connectivity index (χ1) is 14.3. The minimum absolute atomic E-state index is 0.205. The Bertz CT molecular complexity index is 1070. The van der Waals surface area contributed by atoms with Crippen molar-refractivity contribution in [3.63, 3.8) is 0 Å². The van der Waals surface area contributed by atoms with Crippen molar-refractivity contribution in [3.8, 4) is 0 Å². The molecule has 156 valence electrons. The minimum atomic E-state index is -0.951. The van der Waals surface area contributed by atoms with E-state index in [2.05, 4.69) is 31.2 Å². The average Bonchev–Trinajstić information content (AvgIpc) is 2.93. The van der Waals surface area contributed by atoms with Crippen molar-refractivity contribution in [3.05, 3.63) is 98.0 Å². The number of nitrogens with zero attached hydrogens (tertiary/aromatic N) is 1. The fraction of sp³-hybridized carbons (Fsp3) is 0.280. The van der Waals surface area contributed by atoms with E-state index < -0.39 is 5.97 Å². The number of halogens is 1. The molecule has 1 aromatic heterocycles. The van der Waals surface area contributed by atoms with Crippen molar-refractivity contribution in [2.24, 2.45) is 5.92 Å². The van der Waals surface area contributed by atoms with Gasteiger partial charge in [-0.05, 0) is 73.1 Å². The zero-order valence-corrected chi connectivity index (χ0v) is 18.0. The Balaban J connectivity index is 1.85. The quantitative estimate of drug-likeness (QED) is 0.650. The third-order valence-electron chi connectivity index (χ3n) is 5.41. The molecule has 1 atom stereocenters. The molecule has 0 fully saturated rings. The number of hydrogen-bond donors (Lipinski definition) is 1. The molecule has 0 saturated heterocycles. The summed E-state index contributed by atoms with van der Waals surface area (Å²) in [5, 5.41) is 9.24. The third-order valence-corrected chi connectivity index (χ3v) is 5.68. The summed E-state index contributed by atoms with van der Waals surface area (Å²) < 4.78 is 1.70. The molecule has 3 rings (SSSR count). The van der Waals surface area contributed by atoms with Gasteiger partial charge in [-0.15, -0.1) is 0 Å². The number of aromatic nitrogens is 1. The van der Waals surface area contributed by atoms with Crippen LogP contribution in [-0.2, 0) is 13.0 Å². The van der Waals surface area contributed by atoms with Crippen molar-refractivity contribution in [2.45, 2.75) is 39.7 Å². The Labute approximate surface area is 181 Å². The van der Waals surface area contributed by atoms with Crippen molar-refractivity contribution in [1.82, 2.24) is 4.57 Å². The van der Waals surface area contributed by atoms with Crippen LogP contribution in [0.25, 0.3) is 6.08 Å². The van der Waals surface area contributed by atoms with Gasteiger partial charge in [-0.1, -0.05) is 55.0 Å². The van der Waals surface area contributed by atoms with Crippen molar-refractivity contribution in [2.75, 3.05) is 0 Å². The molecule has 1 aliphatic carbocycles. The highest BCUT2D eigenvalue weighted by atomic mass is 35.5. The number of carbonyl (C=O) groups is 1. The Morgan fingerprint density at radius 3 is 2.70 bits per heavy atom. The van der Waals surface area contributed by atoms with Gasteiger partial charge < -0.3 is 9.67 Å². The number of aromatic carboxylic acids is 1. The number of benzene rings is 1. The summed E-state index contributed by atoms with van der Waals surface area (Å²) in [5.74, 6) is -0.386. The van der Waals surface area contributed by atoms with Gasteiger partial charge in [0.05, 0.1) is 5.56 Å². The van der Waals surface area contributed by atoms with Gasteiger partial charge in [0.2, 0.25) is 0 Å². The number of allylic oxidation sites excluding steroid dienone is 5. The van der Waals surface area contributed by atoms with E-state index in [1.54, 1.807) is 34.9 Å². The van der Waals surface area contributed by atoms with Gasteiger partial charge in [-0.3, -0.25) is 4.79 Å². The summed E-state index contributed by atoms with van der Waals surface area (Å²) in [5.41, 5.74) is 4.01. The second-order valence-corrected chi connectivity index (χ2v) is 8.15. The molecule has 0 amide bonds. The van der Waals surface area contributed by atoms with Crippen LogP contribution in [-0.4, -0.2) is 15.6 Å². The maximum atomic E-state index is 12.7. The summed E-state index contributed by atoms with van der Waals surface area (Å²) in [7, 11) is 0. The van der Waals surface area contributed by atoms with Crippen LogP contribution in [0, 0.1) is 12.8 Å². The largest absolute Gasteiger partial charge is 0.478 e. The molecule has 1 N–H and O–H groups in total. The van der Waals surface area contributed by atoms with E-state index in [9.17, 15) is 9.59 Å². The summed E-state index contributed by atoms with van der Waals surface area (Å²) in [4.78, 5) is 23.8. The zero-order chi connectivity index (χ0) is 21.7. The van der Waals surface area contributed by atoms with Crippen molar-refractivity contribution in [1.29, 1.82) is 0 Å². The van der Waals surface area contributed by atoms with Gasteiger partial charge in [0.25, 0.3) is 5.56 Å². The SMILES string of the molecule is Cc1cc(Cl)c(=O)n(CCc2ccc(C(=O)O)cc2)c1/C=C/C1=CC=CC(C)CC1. The molecule has 0 aliphatic heterocycles. The molecule has 4 nitrogen and oxygen atoms in total. The van der Waals surface area contributed by atoms with Gasteiger partial charge >= 0.3 is 5.97 Å². The molecule has 30 heavy (non-hydrogen) atoms. The molecule has 1 heterocycles. The number of rotatable bonds is 6. The summed E-state index contributed by atoms with van der Waals surface area (Å²) in [6.07, 6.45) is 13.2. The van der Waals surface area contributed by atoms with Gasteiger partial charge in [-0.25, -0.2) is 4.79 Å². The highest BCUT2D eigenvalue weighted by molar-refractivity contribution is 6.30. The molecule has 1 aromatic carbocycles. The fourth-order valence-corrected chi connectivity index (χ4v) is 3.81. The van der Waals surface area contributed by atoms with Crippen LogP contribution in [0.5, 0.6) is 0 Å². The molecule has 5 heteroatoms. The average molecular weight is 424 g/mol. The van der Waals surface area contributed by atoms with E-state index >= 15 is 0 Å². The van der Waals surface area contributed by atoms with Crippen molar-refractivity contribution < 1.29 is 9.90 Å². The molecule has 0 saturated carbocycles. The molecule has 1 aliphatic rings. The highest BCUT2D eigenvalue weighted by Gasteiger charge is 2.11. The van der Waals surface area contributed by atoms with Crippen LogP contribution in [0.1, 0.15) is 46.9 Å². The predicted octanol–water partition coefficient (Wildman–Crippen LogP) is 5.68. The number of pyridine rings is 1. The molecule has 0 radical (unpaired) electrons. The smallest absolute Gasteiger partial charge is 0.335 e. The third kappa shape index (κ3) is 5.39. The van der Waals surface area contributed by atoms with E-state index in [-0.39, 0.29) is 16.1 Å². The van der Waals surface area contributed by atoms with Gasteiger partial charge in [0.1, 0.15) is 5.02 Å². The summed E-state index contributed by atoms with van der Waals surface area (Å²) in [6, 6.07) is 8.44. The topological polar surface area (TPSA) is 59.3 Å². The van der Waals surface area contributed by atoms with Gasteiger partial charge in [0, 0.05) is 12.2 Å². The second kappa shape index (κ2) is 9.77. The Morgan fingerprint density at radius 1 is 1.27 bits per heavy atom. The standard InChI is InChI=1S/C25H26ClNO3/c1-17-4-3-5-19(7-6-17)10-13-23-18(2)16-22(26)24(28)27(23)15-14-20-8-11-21(12-9-20)25(29)30/h3-5,8-13,16-17H,6-7,14-15H2,1-2H3,(H,29,30)/b13-10+. The lowest BCUT2D eigenvalue weighted by Crippen LogP contribution is -2.24. The monoisotopic (exact) mass is 423 g/mol. The van der Waals surface area contributed by atoms with Crippen LogP contribution in [0.15, 0.2) is 65.0 Å². The van der Waals surface area contributed by atoms with E-state index in [4.69, 9.17) is 16.7 Å². The lowest BCUT2D eigenvalue weighted by Gasteiger charge is -2.14. The van der Waals surface area contributed by atoms with Crippen LogP contribution < -0.4 is 5.56 Å². The molecule has 2 aromatic rings. The number of carboxylic acid groups (broad SMARTS) is 1. The van der Waals surface area contributed by atoms with E-state index in [0.29, 0.717) is 18.9 Å². The van der Waals surface area contributed by atoms with Crippen LogP contribution >= 0.6 is 11.6 Å². The first-order valence-corrected chi connectivity index (χ1v) is 10.5. The second-order valence-electron chi connectivity index (χ2n) is 7.75. The van der Waals surface area contributed by atoms with Gasteiger partial charge in [0.15, 0.2) is 0 Å². The molecular formula is C25H26ClNO3. The number of aryl methyl sites for hydroxylation is 2. The molecule has 0 spiro atoms.